The Kier molecular flexibility index (Phi) is 12.4. The fourth-order valence-corrected chi connectivity index (χ4v) is 4.23. The highest BCUT2D eigenvalue weighted by molar-refractivity contribution is 7.98. The van der Waals surface area contributed by atoms with Gasteiger partial charge in [-0.05, 0) is 49.1 Å². The molecule has 0 aromatic heterocycles. The van der Waals surface area contributed by atoms with Gasteiger partial charge in [-0.15, -0.1) is 0 Å². The summed E-state index contributed by atoms with van der Waals surface area (Å²) in [4.78, 5) is 15.8. The Balaban J connectivity index is 0.00000199. The maximum Gasteiger partial charge on any atom is 0.414 e. The molecule has 1 N–H and O–H groups in total. The lowest BCUT2D eigenvalue weighted by Crippen LogP contribution is -2.29. The van der Waals surface area contributed by atoms with Crippen LogP contribution in [-0.2, 0) is 11.3 Å². The van der Waals surface area contributed by atoms with Gasteiger partial charge in [-0.25, -0.2) is 9.18 Å². The molecule has 0 radical (unpaired) electrons. The summed E-state index contributed by atoms with van der Waals surface area (Å²) in [5, 5.41) is 2.98. The van der Waals surface area contributed by atoms with E-state index in [1.165, 1.54) is 11.0 Å². The molecule has 1 saturated heterocycles. The number of amides is 1. The van der Waals surface area contributed by atoms with E-state index >= 15 is 0 Å². The summed E-state index contributed by atoms with van der Waals surface area (Å²) in [6, 6.07) is 12.6. The van der Waals surface area contributed by atoms with Crippen LogP contribution in [0.5, 0.6) is 0 Å². The van der Waals surface area contributed by atoms with Gasteiger partial charge in [0.2, 0.25) is 0 Å². The van der Waals surface area contributed by atoms with Crippen molar-refractivity contribution in [1.82, 2.24) is 10.2 Å². The van der Waals surface area contributed by atoms with Crippen molar-refractivity contribution in [3.63, 3.8) is 0 Å². The molecule has 5 nitrogen and oxygen atoms in total. The van der Waals surface area contributed by atoms with Gasteiger partial charge < -0.3 is 10.1 Å². The molecule has 0 bridgehead atoms. The number of nitrogens with one attached hydrogen (secondary N) is 1. The average Bonchev–Trinajstić information content (AvgIpc) is 3.22. The summed E-state index contributed by atoms with van der Waals surface area (Å²) >= 11 is 1.78. The van der Waals surface area contributed by atoms with Crippen LogP contribution in [0.15, 0.2) is 42.5 Å². The number of hydrogen-bond acceptors (Lipinski definition) is 5. The maximum atomic E-state index is 14.9. The lowest BCUT2D eigenvalue weighted by Gasteiger charge is -2.21. The van der Waals surface area contributed by atoms with Crippen molar-refractivity contribution < 1.29 is 18.3 Å². The van der Waals surface area contributed by atoms with E-state index in [1.54, 1.807) is 30.9 Å². The second-order valence-corrected chi connectivity index (χ2v) is 8.83. The zero-order chi connectivity index (χ0) is 24.9. The number of cyclic esters (lactones) is 1. The van der Waals surface area contributed by atoms with Gasteiger partial charge in [-0.1, -0.05) is 38.1 Å². The second-order valence-electron chi connectivity index (χ2n) is 7.85. The van der Waals surface area contributed by atoms with Crippen molar-refractivity contribution in [2.75, 3.05) is 56.8 Å². The van der Waals surface area contributed by atoms with E-state index in [9.17, 15) is 13.6 Å². The molecule has 3 rings (SSSR count). The molecule has 0 saturated carbocycles. The molecule has 1 atom stereocenters. The molecule has 1 aliphatic heterocycles. The molecule has 34 heavy (non-hydrogen) atoms. The number of carbonyl (C=O) groups is 1. The van der Waals surface area contributed by atoms with Gasteiger partial charge in [0.1, 0.15) is 11.9 Å². The van der Waals surface area contributed by atoms with Crippen molar-refractivity contribution in [2.45, 2.75) is 32.9 Å². The van der Waals surface area contributed by atoms with Crippen LogP contribution in [0, 0.1) is 5.82 Å². The molecule has 1 heterocycles. The van der Waals surface area contributed by atoms with E-state index in [0.29, 0.717) is 30.8 Å². The van der Waals surface area contributed by atoms with Crippen molar-refractivity contribution >= 4 is 23.5 Å². The predicted molar refractivity (Wildman–Crippen MR) is 139 cm³/mol. The first-order chi connectivity index (χ1) is 16.5. The number of thioether (sulfide) groups is 1. The average molecular weight is 494 g/mol. The number of likely N-dealkylation sites (N-methyl/N-ethyl adjacent to an activating group) is 1. The number of ether oxygens (including phenoxy) is 1. The second kappa shape index (κ2) is 15.0. The number of alkyl halides is 1. The van der Waals surface area contributed by atoms with E-state index in [-0.39, 0.29) is 18.6 Å². The first-order valence-electron chi connectivity index (χ1n) is 11.8. The molecular weight excluding hydrogens is 456 g/mol. The minimum Gasteiger partial charge on any atom is -0.443 e. The SMILES string of the molecule is CC.CNCC1CN(c2ccc(-c3ccc(CN(CCCF)CCSC)cc3)c(F)c2)C(=O)O1. The molecular formula is C26H37F2N3O2S. The number of nitrogens with zero attached hydrogens (tertiary/aromatic N) is 2. The standard InChI is InChI=1S/C24H31F2N3O2S.C2H6/c1-27-15-21-17-29(24(30)31-21)20-8-9-22(23(26)14-20)19-6-4-18(5-7-19)16-28(11-3-10-25)12-13-32-2;1-2/h4-9,14,21,27H,3,10-13,15-17H2,1-2H3;1-2H3. The van der Waals surface area contributed by atoms with E-state index in [0.717, 1.165) is 36.5 Å². The summed E-state index contributed by atoms with van der Waals surface area (Å²) in [6.07, 6.45) is 1.89. The Hall–Kier alpha value is -2.16. The van der Waals surface area contributed by atoms with E-state index < -0.39 is 6.09 Å². The smallest absolute Gasteiger partial charge is 0.414 e. The summed E-state index contributed by atoms with van der Waals surface area (Å²) in [6.45, 7) is 7.01. The van der Waals surface area contributed by atoms with Gasteiger partial charge in [0.05, 0.1) is 18.9 Å². The van der Waals surface area contributed by atoms with Gasteiger partial charge >= 0.3 is 6.09 Å². The lowest BCUT2D eigenvalue weighted by atomic mass is 10.0. The molecule has 0 aliphatic carbocycles. The fourth-order valence-electron chi connectivity index (χ4n) is 3.79. The molecule has 1 amide bonds. The Morgan fingerprint density at radius 2 is 1.91 bits per heavy atom. The van der Waals surface area contributed by atoms with Gasteiger partial charge in [-0.2, -0.15) is 11.8 Å². The van der Waals surface area contributed by atoms with Crippen molar-refractivity contribution in [3.8, 4) is 11.1 Å². The highest BCUT2D eigenvalue weighted by Crippen LogP contribution is 2.29. The minimum absolute atomic E-state index is 0.247. The van der Waals surface area contributed by atoms with Crippen LogP contribution >= 0.6 is 11.8 Å². The third-order valence-electron chi connectivity index (χ3n) is 5.46. The maximum absolute atomic E-state index is 14.9. The molecule has 188 valence electrons. The van der Waals surface area contributed by atoms with Crippen LogP contribution in [0.2, 0.25) is 0 Å². The summed E-state index contributed by atoms with van der Waals surface area (Å²) in [5.74, 6) is 0.618. The van der Waals surface area contributed by atoms with Gasteiger partial charge in [0, 0.05) is 37.5 Å². The molecule has 2 aromatic carbocycles. The van der Waals surface area contributed by atoms with Crippen molar-refractivity contribution in [1.29, 1.82) is 0 Å². The zero-order valence-corrected chi connectivity index (χ0v) is 21.5. The molecule has 1 aliphatic rings. The monoisotopic (exact) mass is 493 g/mol. The summed E-state index contributed by atoms with van der Waals surface area (Å²) < 4.78 is 32.8. The summed E-state index contributed by atoms with van der Waals surface area (Å²) in [7, 11) is 1.79. The Bertz CT molecular complexity index is 875. The number of hydrogen-bond donors (Lipinski definition) is 1. The molecule has 0 spiro atoms. The number of rotatable bonds is 12. The van der Waals surface area contributed by atoms with Crippen LogP contribution < -0.4 is 10.2 Å². The van der Waals surface area contributed by atoms with Crippen LogP contribution in [0.25, 0.3) is 11.1 Å². The predicted octanol–water partition coefficient (Wildman–Crippen LogP) is 5.59. The van der Waals surface area contributed by atoms with E-state index in [1.807, 2.05) is 38.1 Å². The largest absolute Gasteiger partial charge is 0.443 e. The third kappa shape index (κ3) is 7.96. The quantitative estimate of drug-likeness (QED) is 0.418. The van der Waals surface area contributed by atoms with Crippen LogP contribution in [0.4, 0.5) is 19.3 Å². The van der Waals surface area contributed by atoms with E-state index in [4.69, 9.17) is 4.74 Å². The molecule has 1 fully saturated rings. The van der Waals surface area contributed by atoms with Crippen molar-refractivity contribution in [3.05, 3.63) is 53.8 Å². The van der Waals surface area contributed by atoms with Crippen LogP contribution in [0.1, 0.15) is 25.8 Å². The fraction of sp³-hybridized carbons (Fsp3) is 0.500. The summed E-state index contributed by atoms with van der Waals surface area (Å²) in [5.41, 5.74) is 2.86. The Morgan fingerprint density at radius 1 is 1.18 bits per heavy atom. The van der Waals surface area contributed by atoms with Crippen LogP contribution in [0.3, 0.4) is 0 Å². The van der Waals surface area contributed by atoms with Crippen LogP contribution in [-0.4, -0.2) is 69.0 Å². The highest BCUT2D eigenvalue weighted by Gasteiger charge is 2.32. The Labute approximate surface area is 206 Å². The lowest BCUT2D eigenvalue weighted by molar-refractivity contribution is 0.141. The molecule has 8 heteroatoms. The van der Waals surface area contributed by atoms with Gasteiger partial charge in [0.25, 0.3) is 0 Å². The first-order valence-corrected chi connectivity index (χ1v) is 13.2. The highest BCUT2D eigenvalue weighted by atomic mass is 32.2. The molecule has 1 unspecified atom stereocenters. The Morgan fingerprint density at radius 3 is 2.53 bits per heavy atom. The zero-order valence-electron chi connectivity index (χ0n) is 20.7. The third-order valence-corrected chi connectivity index (χ3v) is 6.05. The van der Waals surface area contributed by atoms with E-state index in [2.05, 4.69) is 16.5 Å². The number of anilines is 1. The van der Waals surface area contributed by atoms with Crippen molar-refractivity contribution in [2.24, 2.45) is 0 Å². The first kappa shape index (κ1) is 28.1. The minimum atomic E-state index is -0.458. The van der Waals surface area contributed by atoms with Gasteiger partial charge in [-0.3, -0.25) is 14.2 Å². The number of halogens is 2. The van der Waals surface area contributed by atoms with Gasteiger partial charge in [0.15, 0.2) is 0 Å². The topological polar surface area (TPSA) is 44.8 Å². The molecule has 2 aromatic rings. The normalized spacial score (nSPS) is 15.3. The number of benzene rings is 2. The number of carbonyl (C=O) groups excluding carboxylic acids is 1.